The number of rotatable bonds is 6. The maximum absolute atomic E-state index is 12.5. The highest BCUT2D eigenvalue weighted by molar-refractivity contribution is 7.86. The lowest BCUT2D eigenvalue weighted by Gasteiger charge is -2.18. The Kier molecular flexibility index (Phi) is 7.92. The summed E-state index contributed by atoms with van der Waals surface area (Å²) in [6.45, 7) is 6.86. The summed E-state index contributed by atoms with van der Waals surface area (Å²) in [6, 6.07) is 5.13. The molecule has 0 spiro atoms. The molecule has 1 atom stereocenters. The van der Waals surface area contributed by atoms with Gasteiger partial charge in [-0.15, -0.1) is 0 Å². The molecule has 0 bridgehead atoms. The molecule has 1 rings (SSSR count). The van der Waals surface area contributed by atoms with E-state index in [9.17, 15) is 17.4 Å². The lowest BCUT2D eigenvalue weighted by atomic mass is 10.1. The van der Waals surface area contributed by atoms with E-state index in [-0.39, 0.29) is 4.75 Å². The average Bonchev–Trinajstić information content (AvgIpc) is 2.52. The van der Waals surface area contributed by atoms with Gasteiger partial charge in [-0.05, 0) is 44.9 Å². The zero-order valence-corrected chi connectivity index (χ0v) is 15.9. The summed E-state index contributed by atoms with van der Waals surface area (Å²) in [6.07, 6.45) is -3.73. The maximum atomic E-state index is 12.5. The molecule has 0 aliphatic heterocycles. The normalized spacial score (nSPS) is 14.3. The third kappa shape index (κ3) is 7.90. The van der Waals surface area contributed by atoms with Crippen molar-refractivity contribution in [3.8, 4) is 0 Å². The average molecular weight is 377 g/mol. The van der Waals surface area contributed by atoms with Crippen LogP contribution in [0.3, 0.4) is 0 Å². The summed E-state index contributed by atoms with van der Waals surface area (Å²) in [5.41, 5.74) is 0.165. The number of aliphatic imine (C=N–C) groups is 1. The number of halogens is 3. The molecule has 1 aromatic carbocycles. The third-order valence-electron chi connectivity index (χ3n) is 3.47. The molecule has 4 nitrogen and oxygen atoms in total. The molecule has 2 N–H and O–H groups in total. The van der Waals surface area contributed by atoms with Crippen molar-refractivity contribution in [2.75, 3.05) is 25.9 Å². The van der Waals surface area contributed by atoms with Gasteiger partial charge in [0.1, 0.15) is 0 Å². The summed E-state index contributed by atoms with van der Waals surface area (Å²) in [5, 5.41) is 6.18. The summed E-state index contributed by atoms with van der Waals surface area (Å²) in [5.74, 6) is 1.10. The van der Waals surface area contributed by atoms with Crippen LogP contribution in [0.5, 0.6) is 0 Å². The molecule has 0 saturated carbocycles. The molecule has 0 radical (unpaired) electrons. The SMILES string of the molecule is CN=C(NCCc1ccc(C(F)(F)F)cc1)NCCS(=O)C(C)(C)C. The Balaban J connectivity index is 2.37. The Morgan fingerprint density at radius 3 is 2.12 bits per heavy atom. The van der Waals surface area contributed by atoms with Crippen LogP contribution < -0.4 is 10.6 Å². The fourth-order valence-corrected chi connectivity index (χ4v) is 2.87. The van der Waals surface area contributed by atoms with Gasteiger partial charge in [-0.2, -0.15) is 13.2 Å². The third-order valence-corrected chi connectivity index (χ3v) is 5.41. The maximum Gasteiger partial charge on any atom is 0.416 e. The monoisotopic (exact) mass is 377 g/mol. The minimum absolute atomic E-state index is 0.249. The molecule has 0 aliphatic carbocycles. The molecule has 1 unspecified atom stereocenters. The Morgan fingerprint density at radius 2 is 1.64 bits per heavy atom. The van der Waals surface area contributed by atoms with Gasteiger partial charge in [-0.25, -0.2) is 0 Å². The number of hydrogen-bond acceptors (Lipinski definition) is 2. The van der Waals surface area contributed by atoms with E-state index in [2.05, 4.69) is 15.6 Å². The number of hydrogen-bond donors (Lipinski definition) is 2. The van der Waals surface area contributed by atoms with Crippen molar-refractivity contribution >= 4 is 16.8 Å². The van der Waals surface area contributed by atoms with Crippen LogP contribution in [-0.4, -0.2) is 40.8 Å². The lowest BCUT2D eigenvalue weighted by Crippen LogP contribution is -2.41. The summed E-state index contributed by atoms with van der Waals surface area (Å²) in [4.78, 5) is 4.07. The molecular weight excluding hydrogens is 351 g/mol. The van der Waals surface area contributed by atoms with Crippen molar-refractivity contribution in [2.45, 2.75) is 38.1 Å². The van der Waals surface area contributed by atoms with Crippen molar-refractivity contribution in [3.63, 3.8) is 0 Å². The second-order valence-corrected chi connectivity index (χ2v) is 8.86. The van der Waals surface area contributed by atoms with E-state index in [4.69, 9.17) is 0 Å². The Hall–Kier alpha value is -1.57. The van der Waals surface area contributed by atoms with Crippen molar-refractivity contribution in [3.05, 3.63) is 35.4 Å². The second-order valence-electron chi connectivity index (χ2n) is 6.53. The molecule has 0 aromatic heterocycles. The molecule has 0 fully saturated rings. The van der Waals surface area contributed by atoms with Gasteiger partial charge in [0.15, 0.2) is 5.96 Å². The van der Waals surface area contributed by atoms with E-state index < -0.39 is 22.5 Å². The fourth-order valence-electron chi connectivity index (χ4n) is 1.97. The van der Waals surface area contributed by atoms with Gasteiger partial charge in [0, 0.05) is 41.4 Å². The topological polar surface area (TPSA) is 53.5 Å². The number of alkyl halides is 3. The van der Waals surface area contributed by atoms with Gasteiger partial charge in [-0.1, -0.05) is 12.1 Å². The first-order valence-electron chi connectivity index (χ1n) is 8.03. The van der Waals surface area contributed by atoms with Gasteiger partial charge < -0.3 is 10.6 Å². The van der Waals surface area contributed by atoms with Crippen molar-refractivity contribution < 1.29 is 17.4 Å². The molecule has 0 amide bonds. The van der Waals surface area contributed by atoms with Gasteiger partial charge in [0.05, 0.1) is 5.56 Å². The second kappa shape index (κ2) is 9.22. The minimum Gasteiger partial charge on any atom is -0.356 e. The smallest absolute Gasteiger partial charge is 0.356 e. The Morgan fingerprint density at radius 1 is 1.08 bits per heavy atom. The highest BCUT2D eigenvalue weighted by Crippen LogP contribution is 2.29. The zero-order chi connectivity index (χ0) is 19.1. The van der Waals surface area contributed by atoms with Crippen LogP contribution in [0.4, 0.5) is 13.2 Å². The van der Waals surface area contributed by atoms with Crippen LogP contribution in [0, 0.1) is 0 Å². The number of benzene rings is 1. The van der Waals surface area contributed by atoms with Crippen molar-refractivity contribution in [1.82, 2.24) is 10.6 Å². The van der Waals surface area contributed by atoms with Gasteiger partial charge in [0.2, 0.25) is 0 Å². The van der Waals surface area contributed by atoms with Crippen LogP contribution in [-0.2, 0) is 23.4 Å². The zero-order valence-electron chi connectivity index (χ0n) is 15.0. The van der Waals surface area contributed by atoms with Crippen LogP contribution >= 0.6 is 0 Å². The molecule has 0 aliphatic rings. The van der Waals surface area contributed by atoms with E-state index in [1.165, 1.54) is 12.1 Å². The van der Waals surface area contributed by atoms with E-state index in [1.807, 2.05) is 20.8 Å². The lowest BCUT2D eigenvalue weighted by molar-refractivity contribution is -0.137. The highest BCUT2D eigenvalue weighted by Gasteiger charge is 2.29. The molecule has 142 valence electrons. The molecule has 0 heterocycles. The van der Waals surface area contributed by atoms with Crippen molar-refractivity contribution in [1.29, 1.82) is 0 Å². The van der Waals surface area contributed by atoms with Gasteiger partial charge >= 0.3 is 6.18 Å². The number of guanidine groups is 1. The summed E-state index contributed by atoms with van der Waals surface area (Å²) in [7, 11) is 0.695. The number of nitrogens with zero attached hydrogens (tertiary/aromatic N) is 1. The predicted molar refractivity (Wildman–Crippen MR) is 97.3 cm³/mol. The first-order chi connectivity index (χ1) is 11.5. The summed E-state index contributed by atoms with van der Waals surface area (Å²) < 4.78 is 49.3. The van der Waals surface area contributed by atoms with E-state index in [1.54, 1.807) is 7.05 Å². The first kappa shape index (κ1) is 21.5. The van der Waals surface area contributed by atoms with E-state index >= 15 is 0 Å². The van der Waals surface area contributed by atoms with E-state index in [0.717, 1.165) is 17.7 Å². The molecule has 0 saturated heterocycles. The molecule has 1 aromatic rings. The van der Waals surface area contributed by atoms with E-state index in [0.29, 0.717) is 31.2 Å². The van der Waals surface area contributed by atoms with Crippen LogP contribution in [0.1, 0.15) is 31.9 Å². The Labute approximate surface area is 149 Å². The first-order valence-corrected chi connectivity index (χ1v) is 9.35. The highest BCUT2D eigenvalue weighted by atomic mass is 32.2. The fraction of sp³-hybridized carbons (Fsp3) is 0.588. The molecular formula is C17H26F3N3OS. The Bertz CT molecular complexity index is 593. The predicted octanol–water partition coefficient (Wildman–Crippen LogP) is 2.96. The van der Waals surface area contributed by atoms with Gasteiger partial charge in [0.25, 0.3) is 0 Å². The summed E-state index contributed by atoms with van der Waals surface area (Å²) >= 11 is 0. The molecule has 8 heteroatoms. The van der Waals surface area contributed by atoms with Crippen molar-refractivity contribution in [2.24, 2.45) is 4.99 Å². The van der Waals surface area contributed by atoms with Gasteiger partial charge in [-0.3, -0.25) is 9.20 Å². The minimum atomic E-state index is -4.31. The quantitative estimate of drug-likeness (QED) is 0.592. The molecule has 25 heavy (non-hydrogen) atoms. The number of nitrogens with one attached hydrogen (secondary N) is 2. The van der Waals surface area contributed by atoms with Crippen LogP contribution in [0.25, 0.3) is 0 Å². The van der Waals surface area contributed by atoms with Crippen LogP contribution in [0.2, 0.25) is 0 Å². The van der Waals surface area contributed by atoms with Crippen LogP contribution in [0.15, 0.2) is 29.3 Å². The standard InChI is InChI=1S/C17H26F3N3OS/c1-16(2,3)25(24)12-11-23-15(21-4)22-10-9-13-5-7-14(8-6-13)17(18,19)20/h5-8H,9-12H2,1-4H3,(H2,21,22,23). The largest absolute Gasteiger partial charge is 0.416 e.